The molecule has 14 heavy (non-hydrogen) atoms. The normalized spacial score (nSPS) is 15.1. The molecule has 0 nitrogen and oxygen atoms in total. The summed E-state index contributed by atoms with van der Waals surface area (Å²) in [4.78, 5) is 0. The molecule has 0 aliphatic heterocycles. The van der Waals surface area contributed by atoms with Crippen LogP contribution < -0.4 is 0 Å². The molecule has 0 saturated carbocycles. The minimum atomic E-state index is 0.215. The monoisotopic (exact) mass is 210 g/mol. The van der Waals surface area contributed by atoms with E-state index in [9.17, 15) is 0 Å². The summed E-state index contributed by atoms with van der Waals surface area (Å²) in [6.45, 7) is 6.44. The zero-order valence-electron chi connectivity index (χ0n) is 9.26. The first-order valence-corrected chi connectivity index (χ1v) is 5.85. The minimum absolute atomic E-state index is 0.215. The van der Waals surface area contributed by atoms with Gasteiger partial charge in [0.05, 0.1) is 0 Å². The number of hydrogen-bond donors (Lipinski definition) is 0. The van der Waals surface area contributed by atoms with E-state index in [0.717, 1.165) is 12.8 Å². The van der Waals surface area contributed by atoms with E-state index in [4.69, 9.17) is 11.6 Å². The Morgan fingerprint density at radius 1 is 1.14 bits per heavy atom. The lowest BCUT2D eigenvalue weighted by Gasteiger charge is -2.17. The molecule has 0 heterocycles. The Morgan fingerprint density at radius 2 is 1.71 bits per heavy atom. The van der Waals surface area contributed by atoms with Crippen molar-refractivity contribution in [3.8, 4) is 0 Å². The maximum atomic E-state index is 6.15. The van der Waals surface area contributed by atoms with E-state index >= 15 is 0 Å². The molecule has 0 radical (unpaired) electrons. The topological polar surface area (TPSA) is 0 Å². The van der Waals surface area contributed by atoms with Gasteiger partial charge in [-0.05, 0) is 36.8 Å². The van der Waals surface area contributed by atoms with Crippen molar-refractivity contribution in [2.45, 2.75) is 44.9 Å². The van der Waals surface area contributed by atoms with Crippen LogP contribution in [-0.4, -0.2) is 5.38 Å². The molecule has 0 aromatic heterocycles. The summed E-state index contributed by atoms with van der Waals surface area (Å²) in [6, 6.07) is 8.84. The third-order valence-corrected chi connectivity index (χ3v) is 3.11. The predicted octanol–water partition coefficient (Wildman–Crippen LogP) is 4.37. The van der Waals surface area contributed by atoms with Gasteiger partial charge in [0, 0.05) is 5.38 Å². The van der Waals surface area contributed by atoms with Gasteiger partial charge in [0.1, 0.15) is 0 Å². The molecule has 78 valence electrons. The van der Waals surface area contributed by atoms with E-state index < -0.39 is 0 Å². The summed E-state index contributed by atoms with van der Waals surface area (Å²) >= 11 is 6.15. The summed E-state index contributed by atoms with van der Waals surface area (Å²) in [7, 11) is 0. The van der Waals surface area contributed by atoms with Gasteiger partial charge >= 0.3 is 0 Å². The second-order valence-corrected chi connectivity index (χ2v) is 4.48. The quantitative estimate of drug-likeness (QED) is 0.648. The van der Waals surface area contributed by atoms with Crippen LogP contribution in [-0.2, 0) is 6.42 Å². The molecule has 1 heteroatoms. The van der Waals surface area contributed by atoms with Gasteiger partial charge < -0.3 is 0 Å². The molecule has 1 rings (SSSR count). The molecule has 1 aromatic rings. The molecule has 0 amide bonds. The SMILES string of the molecule is CCc1ccc(C(CC)C(C)Cl)cc1. The van der Waals surface area contributed by atoms with Gasteiger partial charge in [-0.25, -0.2) is 0 Å². The van der Waals surface area contributed by atoms with Gasteiger partial charge in [0.25, 0.3) is 0 Å². The Labute approximate surface area is 92.3 Å². The number of hydrogen-bond acceptors (Lipinski definition) is 0. The van der Waals surface area contributed by atoms with Crippen LogP contribution in [0.1, 0.15) is 44.2 Å². The van der Waals surface area contributed by atoms with Gasteiger partial charge in [0.15, 0.2) is 0 Å². The summed E-state index contributed by atoms with van der Waals surface area (Å²) in [6.07, 6.45) is 2.21. The molecule has 2 atom stereocenters. The van der Waals surface area contributed by atoms with Gasteiger partial charge in [-0.1, -0.05) is 38.1 Å². The van der Waals surface area contributed by atoms with Crippen molar-refractivity contribution in [3.63, 3.8) is 0 Å². The van der Waals surface area contributed by atoms with Crippen molar-refractivity contribution < 1.29 is 0 Å². The average molecular weight is 211 g/mol. The Hall–Kier alpha value is -0.490. The Kier molecular flexibility index (Phi) is 4.47. The van der Waals surface area contributed by atoms with Crippen LogP contribution in [0.4, 0.5) is 0 Å². The van der Waals surface area contributed by atoms with Crippen LogP contribution in [0.25, 0.3) is 0 Å². The second kappa shape index (κ2) is 5.41. The highest BCUT2D eigenvalue weighted by Crippen LogP contribution is 2.26. The van der Waals surface area contributed by atoms with Crippen LogP contribution in [0, 0.1) is 0 Å². The molecule has 0 spiro atoms. The standard InChI is InChI=1S/C13H19Cl/c1-4-11-6-8-12(9-7-11)13(5-2)10(3)14/h6-10,13H,4-5H2,1-3H3. The fraction of sp³-hybridized carbons (Fsp3) is 0.538. The lowest BCUT2D eigenvalue weighted by atomic mass is 9.93. The second-order valence-electron chi connectivity index (χ2n) is 3.79. The van der Waals surface area contributed by atoms with Crippen LogP contribution >= 0.6 is 11.6 Å². The van der Waals surface area contributed by atoms with Gasteiger partial charge in [-0.2, -0.15) is 0 Å². The van der Waals surface area contributed by atoms with Crippen LogP contribution in [0.2, 0.25) is 0 Å². The third-order valence-electron chi connectivity index (χ3n) is 2.81. The van der Waals surface area contributed by atoms with Crippen LogP contribution in [0.15, 0.2) is 24.3 Å². The molecule has 0 aliphatic carbocycles. The van der Waals surface area contributed by atoms with Gasteiger partial charge in [0.2, 0.25) is 0 Å². The van der Waals surface area contributed by atoms with E-state index in [0.29, 0.717) is 5.92 Å². The molecule has 0 bridgehead atoms. The number of benzene rings is 1. The number of alkyl halides is 1. The molecular formula is C13H19Cl. The maximum Gasteiger partial charge on any atom is 0.0376 e. The van der Waals surface area contributed by atoms with Crippen LogP contribution in [0.5, 0.6) is 0 Å². The highest BCUT2D eigenvalue weighted by molar-refractivity contribution is 6.20. The van der Waals surface area contributed by atoms with Crippen LogP contribution in [0.3, 0.4) is 0 Å². The fourth-order valence-corrected chi connectivity index (χ4v) is 2.15. The molecule has 0 saturated heterocycles. The van der Waals surface area contributed by atoms with E-state index in [1.807, 2.05) is 0 Å². The lowest BCUT2D eigenvalue weighted by Crippen LogP contribution is -2.08. The van der Waals surface area contributed by atoms with Crippen molar-refractivity contribution in [3.05, 3.63) is 35.4 Å². The van der Waals surface area contributed by atoms with Gasteiger partial charge in [-0.15, -0.1) is 11.6 Å². The first-order valence-electron chi connectivity index (χ1n) is 5.41. The molecule has 0 fully saturated rings. The lowest BCUT2D eigenvalue weighted by molar-refractivity contribution is 0.649. The summed E-state index contributed by atoms with van der Waals surface area (Å²) in [5, 5.41) is 0.215. The van der Waals surface area contributed by atoms with Crippen molar-refractivity contribution in [1.29, 1.82) is 0 Å². The van der Waals surface area contributed by atoms with Crippen molar-refractivity contribution in [2.75, 3.05) is 0 Å². The fourth-order valence-electron chi connectivity index (χ4n) is 1.83. The minimum Gasteiger partial charge on any atom is -0.123 e. The predicted molar refractivity (Wildman–Crippen MR) is 64.2 cm³/mol. The summed E-state index contributed by atoms with van der Waals surface area (Å²) in [5.41, 5.74) is 2.76. The Balaban J connectivity index is 2.84. The third kappa shape index (κ3) is 2.75. The van der Waals surface area contributed by atoms with E-state index in [2.05, 4.69) is 45.0 Å². The first-order chi connectivity index (χ1) is 6.69. The molecule has 1 aromatic carbocycles. The Bertz CT molecular complexity index is 261. The summed E-state index contributed by atoms with van der Waals surface area (Å²) in [5.74, 6) is 0.488. The summed E-state index contributed by atoms with van der Waals surface area (Å²) < 4.78 is 0. The average Bonchev–Trinajstić information content (AvgIpc) is 2.19. The molecule has 2 unspecified atom stereocenters. The highest BCUT2D eigenvalue weighted by atomic mass is 35.5. The maximum absolute atomic E-state index is 6.15. The van der Waals surface area contributed by atoms with E-state index in [1.165, 1.54) is 11.1 Å². The van der Waals surface area contributed by atoms with Crippen molar-refractivity contribution >= 4 is 11.6 Å². The highest BCUT2D eigenvalue weighted by Gasteiger charge is 2.14. The molecule has 0 aliphatic rings. The number of aryl methyl sites for hydroxylation is 1. The van der Waals surface area contributed by atoms with E-state index in [-0.39, 0.29) is 5.38 Å². The van der Waals surface area contributed by atoms with Crippen molar-refractivity contribution in [2.24, 2.45) is 0 Å². The Morgan fingerprint density at radius 3 is 2.07 bits per heavy atom. The van der Waals surface area contributed by atoms with Gasteiger partial charge in [-0.3, -0.25) is 0 Å². The smallest absolute Gasteiger partial charge is 0.0376 e. The molecule has 0 N–H and O–H groups in total. The van der Waals surface area contributed by atoms with E-state index in [1.54, 1.807) is 0 Å². The zero-order valence-corrected chi connectivity index (χ0v) is 10.0. The largest absolute Gasteiger partial charge is 0.123 e. The number of rotatable bonds is 4. The zero-order chi connectivity index (χ0) is 10.6. The number of halogens is 1. The molecular weight excluding hydrogens is 192 g/mol. The van der Waals surface area contributed by atoms with Crippen molar-refractivity contribution in [1.82, 2.24) is 0 Å². The first kappa shape index (κ1) is 11.6.